The van der Waals surface area contributed by atoms with Gasteiger partial charge in [-0.05, 0) is 42.8 Å². The van der Waals surface area contributed by atoms with Crippen LogP contribution in [-0.2, 0) is 21.2 Å². The van der Waals surface area contributed by atoms with Crippen molar-refractivity contribution < 1.29 is 41.1 Å². The molecule has 9 nitrogen and oxygen atoms in total. The van der Waals surface area contributed by atoms with Crippen molar-refractivity contribution in [3.63, 3.8) is 0 Å². The third kappa shape index (κ3) is 3.83. The standard InChI is InChI=1S/C18H14F3N3O6S/c1-10-15(25)24(12-2-4-13(5-3-12)31(29,30)18(19,20)21)17(28)23(10)9-11-6-7-22-8-14(11)16(26)27/h2-8,10H,9H2,1H3,(H,26,27). The SMILES string of the molecule is CC1C(=O)N(c2ccc(S(=O)(=O)C(F)(F)F)cc2)C(=O)N1Cc1ccncc1C(=O)O. The molecule has 1 N–H and O–H groups in total. The molecule has 0 aliphatic carbocycles. The Hall–Kier alpha value is -3.48. The highest BCUT2D eigenvalue weighted by Crippen LogP contribution is 2.33. The van der Waals surface area contributed by atoms with Gasteiger partial charge < -0.3 is 10.0 Å². The maximum absolute atomic E-state index is 12.8. The van der Waals surface area contributed by atoms with Crippen molar-refractivity contribution in [3.8, 4) is 0 Å². The number of rotatable bonds is 5. The molecule has 0 radical (unpaired) electrons. The zero-order chi connectivity index (χ0) is 23.1. The van der Waals surface area contributed by atoms with E-state index >= 15 is 0 Å². The number of anilines is 1. The minimum atomic E-state index is -5.58. The quantitative estimate of drug-likeness (QED) is 0.684. The van der Waals surface area contributed by atoms with Crippen LogP contribution in [0.3, 0.4) is 0 Å². The predicted molar refractivity (Wildman–Crippen MR) is 98.8 cm³/mol. The number of urea groups is 1. The third-order valence-corrected chi connectivity index (χ3v) is 6.18. The van der Waals surface area contributed by atoms with Gasteiger partial charge in [0.2, 0.25) is 0 Å². The fraction of sp³-hybridized carbons (Fsp3) is 0.222. The fourth-order valence-corrected chi connectivity index (χ4v) is 3.76. The van der Waals surface area contributed by atoms with Crippen LogP contribution in [0.1, 0.15) is 22.8 Å². The van der Waals surface area contributed by atoms with Gasteiger partial charge in [-0.3, -0.25) is 9.78 Å². The minimum Gasteiger partial charge on any atom is -0.478 e. The molecule has 1 aromatic carbocycles. The molecule has 1 fully saturated rings. The predicted octanol–water partition coefficient (Wildman–Crippen LogP) is 2.43. The van der Waals surface area contributed by atoms with Gasteiger partial charge in [0.1, 0.15) is 6.04 Å². The Bertz CT molecular complexity index is 1160. The highest BCUT2D eigenvalue weighted by molar-refractivity contribution is 7.92. The summed E-state index contributed by atoms with van der Waals surface area (Å²) in [5.74, 6) is -1.98. The molecule has 1 unspecified atom stereocenters. The maximum Gasteiger partial charge on any atom is 0.501 e. The molecule has 1 atom stereocenters. The number of benzene rings is 1. The number of carboxylic acids is 1. The normalized spacial score (nSPS) is 17.4. The van der Waals surface area contributed by atoms with Crippen LogP contribution in [0.4, 0.5) is 23.7 Å². The molecule has 1 saturated heterocycles. The lowest BCUT2D eigenvalue weighted by Gasteiger charge is -2.20. The van der Waals surface area contributed by atoms with Gasteiger partial charge in [-0.25, -0.2) is 22.9 Å². The molecule has 164 valence electrons. The van der Waals surface area contributed by atoms with E-state index in [2.05, 4.69) is 4.98 Å². The number of sulfone groups is 1. The summed E-state index contributed by atoms with van der Waals surface area (Å²) in [6.07, 6.45) is 2.43. The number of carboxylic acid groups (broad SMARTS) is 1. The molecule has 13 heteroatoms. The van der Waals surface area contributed by atoms with E-state index in [1.54, 1.807) is 0 Å². The smallest absolute Gasteiger partial charge is 0.478 e. The fourth-order valence-electron chi connectivity index (χ4n) is 3.00. The number of amides is 3. The van der Waals surface area contributed by atoms with Gasteiger partial charge >= 0.3 is 17.5 Å². The van der Waals surface area contributed by atoms with Crippen LogP contribution in [0.5, 0.6) is 0 Å². The highest BCUT2D eigenvalue weighted by atomic mass is 32.2. The Balaban J connectivity index is 1.90. The van der Waals surface area contributed by atoms with Crippen LogP contribution >= 0.6 is 0 Å². The van der Waals surface area contributed by atoms with Crippen LogP contribution in [0.15, 0.2) is 47.6 Å². The number of imide groups is 1. The lowest BCUT2D eigenvalue weighted by atomic mass is 10.1. The summed E-state index contributed by atoms with van der Waals surface area (Å²) in [7, 11) is -5.58. The van der Waals surface area contributed by atoms with Crippen LogP contribution < -0.4 is 4.90 Å². The summed E-state index contributed by atoms with van der Waals surface area (Å²) in [4.78, 5) is 41.2. The number of carbonyl (C=O) groups excluding carboxylic acids is 2. The molecular formula is C18H14F3N3O6S. The van der Waals surface area contributed by atoms with Gasteiger partial charge in [-0.1, -0.05) is 0 Å². The first kappa shape index (κ1) is 22.2. The average Bonchev–Trinajstić information content (AvgIpc) is 2.91. The first-order valence-electron chi connectivity index (χ1n) is 8.58. The molecule has 2 heterocycles. The third-order valence-electron chi connectivity index (χ3n) is 4.67. The summed E-state index contributed by atoms with van der Waals surface area (Å²) in [5.41, 5.74) is -5.55. The number of aromatic carboxylic acids is 1. The number of nitrogens with zero attached hydrogens (tertiary/aromatic N) is 3. The van der Waals surface area contributed by atoms with E-state index in [-0.39, 0.29) is 23.4 Å². The molecule has 0 saturated carbocycles. The minimum absolute atomic E-state index is 0.126. The second-order valence-corrected chi connectivity index (χ2v) is 8.48. The van der Waals surface area contributed by atoms with Gasteiger partial charge in [0.25, 0.3) is 15.7 Å². The highest BCUT2D eigenvalue weighted by Gasteiger charge is 2.47. The Kier molecular flexibility index (Phi) is 5.48. The number of carbonyl (C=O) groups is 3. The molecule has 3 rings (SSSR count). The first-order valence-corrected chi connectivity index (χ1v) is 10.1. The van der Waals surface area contributed by atoms with Crippen molar-refractivity contribution in [1.29, 1.82) is 0 Å². The van der Waals surface area contributed by atoms with Crippen molar-refractivity contribution >= 4 is 33.4 Å². The van der Waals surface area contributed by atoms with Crippen LogP contribution in [-0.4, -0.2) is 52.9 Å². The Morgan fingerprint density at radius 1 is 1.16 bits per heavy atom. The van der Waals surface area contributed by atoms with Crippen LogP contribution in [0.2, 0.25) is 0 Å². The lowest BCUT2D eigenvalue weighted by Crippen LogP contribution is -2.34. The number of hydrogen-bond acceptors (Lipinski definition) is 6. The molecule has 3 amide bonds. The van der Waals surface area contributed by atoms with Gasteiger partial charge in [-0.2, -0.15) is 13.2 Å². The van der Waals surface area contributed by atoms with Crippen molar-refractivity contribution in [1.82, 2.24) is 9.88 Å². The zero-order valence-electron chi connectivity index (χ0n) is 15.7. The van der Waals surface area contributed by atoms with Crippen LogP contribution in [0, 0.1) is 0 Å². The van der Waals surface area contributed by atoms with Crippen molar-refractivity contribution in [2.45, 2.75) is 29.9 Å². The summed E-state index contributed by atoms with van der Waals surface area (Å²) in [6, 6.07) is 2.68. The monoisotopic (exact) mass is 457 g/mol. The number of aromatic nitrogens is 1. The summed E-state index contributed by atoms with van der Waals surface area (Å²) < 4.78 is 61.0. The molecule has 1 aliphatic heterocycles. The van der Waals surface area contributed by atoms with Gasteiger partial charge in [0.05, 0.1) is 16.1 Å². The van der Waals surface area contributed by atoms with Gasteiger partial charge in [0, 0.05) is 18.9 Å². The summed E-state index contributed by atoms with van der Waals surface area (Å²) in [5, 5.41) is 9.25. The Labute approximate surface area is 173 Å². The molecule has 1 aromatic heterocycles. The van der Waals surface area contributed by atoms with E-state index in [0.717, 1.165) is 23.2 Å². The molecule has 0 bridgehead atoms. The van der Waals surface area contributed by atoms with E-state index in [1.807, 2.05) is 0 Å². The maximum atomic E-state index is 12.8. The molecular weight excluding hydrogens is 443 g/mol. The molecule has 1 aliphatic rings. The van der Waals surface area contributed by atoms with Crippen molar-refractivity contribution in [3.05, 3.63) is 53.9 Å². The largest absolute Gasteiger partial charge is 0.501 e. The van der Waals surface area contributed by atoms with E-state index in [4.69, 9.17) is 0 Å². The van der Waals surface area contributed by atoms with E-state index in [0.29, 0.717) is 17.0 Å². The summed E-state index contributed by atoms with van der Waals surface area (Å²) in [6.45, 7) is 1.18. The molecule has 2 aromatic rings. The van der Waals surface area contributed by atoms with E-state index in [1.165, 1.54) is 19.2 Å². The Morgan fingerprint density at radius 3 is 2.32 bits per heavy atom. The second-order valence-electron chi connectivity index (χ2n) is 6.54. The second kappa shape index (κ2) is 7.65. The number of alkyl halides is 3. The van der Waals surface area contributed by atoms with Crippen molar-refractivity contribution in [2.24, 2.45) is 0 Å². The lowest BCUT2D eigenvalue weighted by molar-refractivity contribution is -0.119. The van der Waals surface area contributed by atoms with E-state index in [9.17, 15) is 41.1 Å². The van der Waals surface area contributed by atoms with Crippen molar-refractivity contribution in [2.75, 3.05) is 4.90 Å². The summed E-state index contributed by atoms with van der Waals surface area (Å²) >= 11 is 0. The van der Waals surface area contributed by atoms with E-state index < -0.39 is 44.2 Å². The molecule has 31 heavy (non-hydrogen) atoms. The Morgan fingerprint density at radius 2 is 1.77 bits per heavy atom. The average molecular weight is 457 g/mol. The zero-order valence-corrected chi connectivity index (χ0v) is 16.5. The van der Waals surface area contributed by atoms with Crippen LogP contribution in [0.25, 0.3) is 0 Å². The number of halogens is 3. The van der Waals surface area contributed by atoms with Gasteiger partial charge in [-0.15, -0.1) is 0 Å². The first-order chi connectivity index (χ1) is 14.4. The van der Waals surface area contributed by atoms with Gasteiger partial charge in [0.15, 0.2) is 0 Å². The molecule has 0 spiro atoms. The number of hydrogen-bond donors (Lipinski definition) is 1. The topological polar surface area (TPSA) is 125 Å². The number of pyridine rings is 1.